The summed E-state index contributed by atoms with van der Waals surface area (Å²) in [4.78, 5) is 36.6. The number of carboxylic acid groups (broad SMARTS) is 2. The largest absolute Gasteiger partial charge is 0.491 e. The lowest BCUT2D eigenvalue weighted by atomic mass is 9.94. The van der Waals surface area contributed by atoms with E-state index in [1.165, 1.54) is 6.92 Å². The zero-order valence-corrected chi connectivity index (χ0v) is 12.7. The van der Waals surface area contributed by atoms with Crippen molar-refractivity contribution in [3.63, 3.8) is 0 Å². The average Bonchev–Trinajstić information content (AvgIpc) is 2.49. The van der Waals surface area contributed by atoms with Crippen molar-refractivity contribution >= 4 is 17.8 Å². The lowest BCUT2D eigenvalue weighted by molar-refractivity contribution is 0.0695. The van der Waals surface area contributed by atoms with E-state index in [4.69, 9.17) is 10.5 Å². The fourth-order valence-corrected chi connectivity index (χ4v) is 2.33. The van der Waals surface area contributed by atoms with E-state index in [-0.39, 0.29) is 6.61 Å². The van der Waals surface area contributed by atoms with Crippen LogP contribution in [-0.4, -0.2) is 33.7 Å². The lowest BCUT2D eigenvalue weighted by Crippen LogP contribution is -2.24. The van der Waals surface area contributed by atoms with E-state index in [2.05, 4.69) is 0 Å². The van der Waals surface area contributed by atoms with Crippen molar-refractivity contribution in [2.45, 2.75) is 6.92 Å². The number of nitrogens with one attached hydrogen (secondary N) is 1. The van der Waals surface area contributed by atoms with Gasteiger partial charge in [0.2, 0.25) is 0 Å². The first-order valence-corrected chi connectivity index (χ1v) is 6.84. The zero-order chi connectivity index (χ0) is 18.9. The number of halogens is 2. The van der Waals surface area contributed by atoms with Crippen LogP contribution < -0.4 is 16.0 Å². The van der Waals surface area contributed by atoms with E-state index < -0.39 is 63.0 Å². The molecule has 1 aromatic carbocycles. The van der Waals surface area contributed by atoms with Crippen molar-refractivity contribution < 1.29 is 33.3 Å². The molecule has 5 N–H and O–H groups in total. The second kappa shape index (κ2) is 6.59. The summed E-state index contributed by atoms with van der Waals surface area (Å²) in [6.07, 6.45) is 0. The Labute approximate surface area is 138 Å². The normalized spacial score (nSPS) is 10.5. The summed E-state index contributed by atoms with van der Waals surface area (Å²) in [5.41, 5.74) is 0.0214. The monoisotopic (exact) mass is 354 g/mol. The number of ether oxygens (including phenoxy) is 1. The van der Waals surface area contributed by atoms with Crippen molar-refractivity contribution in [1.29, 1.82) is 0 Å². The molecule has 0 saturated heterocycles. The fraction of sp³-hybridized carbons (Fsp3) is 0.133. The van der Waals surface area contributed by atoms with Crippen LogP contribution in [0.15, 0.2) is 16.9 Å². The second-order valence-electron chi connectivity index (χ2n) is 4.77. The number of nitrogen functional groups attached to an aromatic ring is 1. The van der Waals surface area contributed by atoms with Crippen LogP contribution in [0, 0.1) is 11.6 Å². The molecule has 8 nitrogen and oxygen atoms in total. The average molecular weight is 354 g/mol. The van der Waals surface area contributed by atoms with E-state index in [9.17, 15) is 33.4 Å². The van der Waals surface area contributed by atoms with Gasteiger partial charge in [-0.25, -0.2) is 18.4 Å². The molecule has 0 aliphatic heterocycles. The first-order chi connectivity index (χ1) is 11.7. The summed E-state index contributed by atoms with van der Waals surface area (Å²) in [7, 11) is 0. The molecular formula is C15H12F2N2O6. The minimum Gasteiger partial charge on any atom is -0.491 e. The maximum atomic E-state index is 14.7. The number of H-pyrrole nitrogens is 1. The number of aromatic carboxylic acids is 2. The molecule has 1 aromatic heterocycles. The van der Waals surface area contributed by atoms with Gasteiger partial charge in [-0.1, -0.05) is 0 Å². The molecule has 10 heteroatoms. The van der Waals surface area contributed by atoms with Gasteiger partial charge in [0.25, 0.3) is 5.56 Å². The standard InChI is InChI=1S/C15H12F2N2O6/c1-2-25-6-4-3-5(16)7(11(6)17)8-9(14(21)22)12(18)19-13(20)10(8)15(23)24/h3-4H,2H2,1H3,(H,21,22)(H,23,24)(H3,18,19,20). The van der Waals surface area contributed by atoms with Gasteiger partial charge in [0, 0.05) is 5.56 Å². The third-order valence-corrected chi connectivity index (χ3v) is 3.28. The number of benzene rings is 1. The van der Waals surface area contributed by atoms with Crippen LogP contribution in [0.5, 0.6) is 5.75 Å². The Morgan fingerprint density at radius 2 is 1.76 bits per heavy atom. The Morgan fingerprint density at radius 1 is 1.16 bits per heavy atom. The van der Waals surface area contributed by atoms with Gasteiger partial charge in [0.05, 0.1) is 12.2 Å². The molecule has 0 spiro atoms. The molecule has 0 aliphatic rings. The number of hydrogen-bond donors (Lipinski definition) is 4. The highest BCUT2D eigenvalue weighted by Gasteiger charge is 2.31. The number of carbonyl (C=O) groups is 2. The van der Waals surface area contributed by atoms with E-state index >= 15 is 0 Å². The topological polar surface area (TPSA) is 143 Å². The first-order valence-electron chi connectivity index (χ1n) is 6.84. The Balaban J connectivity index is 3.06. The van der Waals surface area contributed by atoms with Gasteiger partial charge in [-0.3, -0.25) is 4.79 Å². The number of hydrogen-bond acceptors (Lipinski definition) is 5. The Kier molecular flexibility index (Phi) is 4.72. The van der Waals surface area contributed by atoms with Gasteiger partial charge >= 0.3 is 11.9 Å². The molecule has 0 atom stereocenters. The second-order valence-corrected chi connectivity index (χ2v) is 4.77. The van der Waals surface area contributed by atoms with Gasteiger partial charge in [-0.05, 0) is 19.1 Å². The number of aromatic nitrogens is 1. The molecule has 0 amide bonds. The van der Waals surface area contributed by atoms with Crippen molar-refractivity contribution in [1.82, 2.24) is 4.98 Å². The molecular weight excluding hydrogens is 342 g/mol. The summed E-state index contributed by atoms with van der Waals surface area (Å²) in [5.74, 6) is -7.46. The molecule has 2 aromatic rings. The van der Waals surface area contributed by atoms with Crippen LogP contribution in [0.1, 0.15) is 27.6 Å². The molecule has 0 unspecified atom stereocenters. The summed E-state index contributed by atoms with van der Waals surface area (Å²) in [6, 6.07) is 1.72. The molecule has 2 rings (SSSR count). The number of nitrogens with two attached hydrogens (primary N) is 1. The first kappa shape index (κ1) is 17.9. The summed E-state index contributed by atoms with van der Waals surface area (Å²) in [6.45, 7) is 1.54. The van der Waals surface area contributed by atoms with Gasteiger partial charge in [-0.15, -0.1) is 0 Å². The minimum absolute atomic E-state index is 0.0110. The highest BCUT2D eigenvalue weighted by atomic mass is 19.1. The molecule has 25 heavy (non-hydrogen) atoms. The maximum Gasteiger partial charge on any atom is 0.342 e. The van der Waals surface area contributed by atoms with E-state index in [0.29, 0.717) is 0 Å². The number of carboxylic acids is 2. The van der Waals surface area contributed by atoms with Gasteiger partial charge < -0.3 is 25.7 Å². The number of aromatic amines is 1. The molecule has 0 bridgehead atoms. The highest BCUT2D eigenvalue weighted by Crippen LogP contribution is 2.36. The van der Waals surface area contributed by atoms with Crippen LogP contribution in [-0.2, 0) is 0 Å². The van der Waals surface area contributed by atoms with Gasteiger partial charge in [0.1, 0.15) is 22.8 Å². The highest BCUT2D eigenvalue weighted by molar-refractivity contribution is 6.07. The van der Waals surface area contributed by atoms with Crippen molar-refractivity contribution in [3.05, 3.63) is 45.2 Å². The molecule has 0 fully saturated rings. The predicted molar refractivity (Wildman–Crippen MR) is 81.9 cm³/mol. The number of pyridine rings is 1. The summed E-state index contributed by atoms with van der Waals surface area (Å²) in [5, 5.41) is 18.5. The Bertz CT molecular complexity index is 939. The molecule has 0 radical (unpaired) electrons. The van der Waals surface area contributed by atoms with Crippen LogP contribution >= 0.6 is 0 Å². The van der Waals surface area contributed by atoms with Crippen LogP contribution in [0.3, 0.4) is 0 Å². The molecule has 0 saturated carbocycles. The lowest BCUT2D eigenvalue weighted by Gasteiger charge is -2.15. The van der Waals surface area contributed by atoms with Gasteiger partial charge in [0.15, 0.2) is 11.6 Å². The van der Waals surface area contributed by atoms with Crippen LogP contribution in [0.4, 0.5) is 14.6 Å². The smallest absolute Gasteiger partial charge is 0.342 e. The van der Waals surface area contributed by atoms with Crippen molar-refractivity contribution in [3.8, 4) is 16.9 Å². The quantitative estimate of drug-likeness (QED) is 0.640. The SMILES string of the molecule is CCOc1ccc(F)c(-c2c(C(=O)O)c(N)[nH]c(=O)c2C(=O)O)c1F. The number of rotatable bonds is 5. The molecule has 0 aliphatic carbocycles. The Hall–Kier alpha value is -3.43. The van der Waals surface area contributed by atoms with Crippen molar-refractivity contribution in [2.75, 3.05) is 12.3 Å². The molecule has 132 valence electrons. The van der Waals surface area contributed by atoms with Gasteiger partial charge in [-0.2, -0.15) is 0 Å². The minimum atomic E-state index is -1.88. The van der Waals surface area contributed by atoms with Crippen LogP contribution in [0.25, 0.3) is 11.1 Å². The number of anilines is 1. The third-order valence-electron chi connectivity index (χ3n) is 3.28. The summed E-state index contributed by atoms with van der Waals surface area (Å²) < 4.78 is 33.9. The van der Waals surface area contributed by atoms with E-state index in [1.807, 2.05) is 4.98 Å². The fourth-order valence-electron chi connectivity index (χ4n) is 2.33. The maximum absolute atomic E-state index is 14.7. The zero-order valence-electron chi connectivity index (χ0n) is 12.7. The predicted octanol–water partition coefficient (Wildman–Crippen LogP) is 1.70. The van der Waals surface area contributed by atoms with Crippen molar-refractivity contribution in [2.24, 2.45) is 0 Å². The van der Waals surface area contributed by atoms with E-state index in [1.54, 1.807) is 0 Å². The summed E-state index contributed by atoms with van der Waals surface area (Å²) >= 11 is 0. The Morgan fingerprint density at radius 3 is 2.28 bits per heavy atom. The third kappa shape index (κ3) is 3.01. The van der Waals surface area contributed by atoms with Crippen LogP contribution in [0.2, 0.25) is 0 Å². The molecule has 1 heterocycles. The van der Waals surface area contributed by atoms with E-state index in [0.717, 1.165) is 12.1 Å².